The van der Waals surface area contributed by atoms with E-state index in [1.165, 1.54) is 64.8 Å². The van der Waals surface area contributed by atoms with E-state index in [1.54, 1.807) is 0 Å². The van der Waals surface area contributed by atoms with Gasteiger partial charge in [0.2, 0.25) is 0 Å². The van der Waals surface area contributed by atoms with Gasteiger partial charge in [-0.2, -0.15) is 12.6 Å². The first-order valence-corrected chi connectivity index (χ1v) is 8.67. The normalized spacial score (nSPS) is 27.0. The third kappa shape index (κ3) is 4.37. The van der Waals surface area contributed by atoms with Crippen molar-refractivity contribution in [1.82, 2.24) is 9.80 Å². The van der Waals surface area contributed by atoms with Crippen LogP contribution in [0.3, 0.4) is 0 Å². The first-order valence-electron chi connectivity index (χ1n) is 8.15. The molecule has 3 heteroatoms. The summed E-state index contributed by atoms with van der Waals surface area (Å²) in [5, 5.41) is 0.434. The van der Waals surface area contributed by atoms with Gasteiger partial charge < -0.3 is 4.90 Å². The average Bonchev–Trinajstić information content (AvgIpc) is 2.39. The minimum atomic E-state index is 0.434. The number of rotatable bonds is 4. The molecule has 2 nitrogen and oxygen atoms in total. The zero-order valence-corrected chi connectivity index (χ0v) is 14.0. The van der Waals surface area contributed by atoms with Crippen molar-refractivity contribution in [3.05, 3.63) is 0 Å². The second-order valence-electron chi connectivity index (χ2n) is 7.19. The van der Waals surface area contributed by atoms with Gasteiger partial charge in [-0.1, -0.05) is 13.8 Å². The SMILES string of the molecule is CC(C)CCN1CCC2(CC1)CCN(C(C)S)CC2. The zero-order valence-electron chi connectivity index (χ0n) is 13.1. The summed E-state index contributed by atoms with van der Waals surface area (Å²) >= 11 is 4.57. The second-order valence-corrected chi connectivity index (χ2v) is 7.94. The maximum Gasteiger partial charge on any atom is 0.0499 e. The molecule has 0 aromatic heterocycles. The minimum Gasteiger partial charge on any atom is -0.303 e. The van der Waals surface area contributed by atoms with Crippen LogP contribution >= 0.6 is 12.6 Å². The van der Waals surface area contributed by atoms with Gasteiger partial charge in [-0.15, -0.1) is 0 Å². The number of thiol groups is 1. The van der Waals surface area contributed by atoms with Crippen molar-refractivity contribution in [1.29, 1.82) is 0 Å². The molecule has 0 aromatic carbocycles. The molecule has 0 radical (unpaired) electrons. The molecular formula is C16H32N2S. The van der Waals surface area contributed by atoms with Crippen molar-refractivity contribution >= 4 is 12.6 Å². The van der Waals surface area contributed by atoms with Crippen LogP contribution in [0.25, 0.3) is 0 Å². The first kappa shape index (κ1) is 15.7. The van der Waals surface area contributed by atoms with Gasteiger partial charge in [0.1, 0.15) is 0 Å². The van der Waals surface area contributed by atoms with Crippen LogP contribution in [0, 0.1) is 11.3 Å². The molecule has 0 N–H and O–H groups in total. The summed E-state index contributed by atoms with van der Waals surface area (Å²) in [4.78, 5) is 5.22. The molecule has 0 amide bonds. The Bertz CT molecular complexity index is 260. The summed E-state index contributed by atoms with van der Waals surface area (Å²) in [6.45, 7) is 13.4. The summed E-state index contributed by atoms with van der Waals surface area (Å²) in [5.41, 5.74) is 0.674. The molecule has 19 heavy (non-hydrogen) atoms. The smallest absolute Gasteiger partial charge is 0.0499 e. The van der Waals surface area contributed by atoms with Gasteiger partial charge in [0.25, 0.3) is 0 Å². The molecule has 1 spiro atoms. The molecule has 112 valence electrons. The highest BCUT2D eigenvalue weighted by Crippen LogP contribution is 2.41. The Morgan fingerprint density at radius 1 is 0.947 bits per heavy atom. The van der Waals surface area contributed by atoms with Crippen molar-refractivity contribution in [2.45, 2.75) is 58.2 Å². The Balaban J connectivity index is 1.74. The number of hydrogen-bond donors (Lipinski definition) is 1. The van der Waals surface area contributed by atoms with E-state index in [1.807, 2.05) is 0 Å². The number of hydrogen-bond acceptors (Lipinski definition) is 3. The molecule has 0 aliphatic carbocycles. The molecular weight excluding hydrogens is 252 g/mol. The van der Waals surface area contributed by atoms with Gasteiger partial charge in [0.15, 0.2) is 0 Å². The molecule has 2 aliphatic rings. The van der Waals surface area contributed by atoms with Crippen LogP contribution in [0.2, 0.25) is 0 Å². The van der Waals surface area contributed by atoms with Gasteiger partial charge in [-0.05, 0) is 83.1 Å². The molecule has 2 heterocycles. The van der Waals surface area contributed by atoms with E-state index < -0.39 is 0 Å². The standard InChI is InChI=1S/C16H32N2S/c1-14(2)4-9-17-10-5-16(6-11-17)7-12-18(13-8-16)15(3)19/h14-15,19H,4-13H2,1-3H3. The first-order chi connectivity index (χ1) is 9.01. The van der Waals surface area contributed by atoms with Crippen LogP contribution in [-0.2, 0) is 0 Å². The summed E-state index contributed by atoms with van der Waals surface area (Å²) in [6.07, 6.45) is 7.02. The lowest BCUT2D eigenvalue weighted by Gasteiger charge is -2.47. The van der Waals surface area contributed by atoms with Crippen LogP contribution in [0.1, 0.15) is 52.9 Å². The molecule has 2 fully saturated rings. The van der Waals surface area contributed by atoms with E-state index in [4.69, 9.17) is 0 Å². The van der Waals surface area contributed by atoms with Gasteiger partial charge in [0, 0.05) is 5.37 Å². The summed E-state index contributed by atoms with van der Waals surface area (Å²) in [6, 6.07) is 0. The maximum atomic E-state index is 4.57. The van der Waals surface area contributed by atoms with Crippen molar-refractivity contribution in [3.63, 3.8) is 0 Å². The minimum absolute atomic E-state index is 0.434. The van der Waals surface area contributed by atoms with Crippen LogP contribution < -0.4 is 0 Å². The molecule has 1 unspecified atom stereocenters. The number of piperidine rings is 2. The average molecular weight is 285 g/mol. The highest BCUT2D eigenvalue weighted by atomic mass is 32.1. The molecule has 0 bridgehead atoms. The third-order valence-corrected chi connectivity index (χ3v) is 5.65. The molecule has 2 rings (SSSR count). The van der Waals surface area contributed by atoms with E-state index >= 15 is 0 Å². The van der Waals surface area contributed by atoms with Gasteiger partial charge in [-0.3, -0.25) is 4.90 Å². The largest absolute Gasteiger partial charge is 0.303 e. The Labute approximate surface area is 125 Å². The van der Waals surface area contributed by atoms with Crippen molar-refractivity contribution in [2.75, 3.05) is 32.7 Å². The van der Waals surface area contributed by atoms with E-state index in [0.29, 0.717) is 10.8 Å². The van der Waals surface area contributed by atoms with Crippen LogP contribution in [-0.4, -0.2) is 47.9 Å². The molecule has 1 atom stereocenters. The van der Waals surface area contributed by atoms with Gasteiger partial charge in [0.05, 0.1) is 0 Å². The predicted octanol–water partition coefficient (Wildman–Crippen LogP) is 3.49. The maximum absolute atomic E-state index is 4.57. The zero-order chi connectivity index (χ0) is 13.9. The van der Waals surface area contributed by atoms with Crippen molar-refractivity contribution in [2.24, 2.45) is 11.3 Å². The fourth-order valence-corrected chi connectivity index (χ4v) is 3.79. The highest BCUT2D eigenvalue weighted by Gasteiger charge is 2.37. The monoisotopic (exact) mass is 284 g/mol. The fraction of sp³-hybridized carbons (Fsp3) is 1.00. The van der Waals surface area contributed by atoms with Crippen molar-refractivity contribution < 1.29 is 0 Å². The second kappa shape index (κ2) is 6.82. The van der Waals surface area contributed by atoms with E-state index in [0.717, 1.165) is 5.92 Å². The number of likely N-dealkylation sites (tertiary alicyclic amines) is 2. The molecule has 0 aromatic rings. The number of nitrogens with zero attached hydrogens (tertiary/aromatic N) is 2. The van der Waals surface area contributed by atoms with Crippen LogP contribution in [0.4, 0.5) is 0 Å². The Morgan fingerprint density at radius 3 is 1.95 bits per heavy atom. The van der Waals surface area contributed by atoms with E-state index in [9.17, 15) is 0 Å². The summed E-state index contributed by atoms with van der Waals surface area (Å²) < 4.78 is 0. The third-order valence-electron chi connectivity index (χ3n) is 5.33. The van der Waals surface area contributed by atoms with Crippen molar-refractivity contribution in [3.8, 4) is 0 Å². The topological polar surface area (TPSA) is 6.48 Å². The molecule has 0 saturated carbocycles. The lowest BCUT2D eigenvalue weighted by atomic mass is 9.71. The van der Waals surface area contributed by atoms with Crippen LogP contribution in [0.5, 0.6) is 0 Å². The van der Waals surface area contributed by atoms with Gasteiger partial charge in [-0.25, -0.2) is 0 Å². The predicted molar refractivity (Wildman–Crippen MR) is 86.8 cm³/mol. The van der Waals surface area contributed by atoms with E-state index in [-0.39, 0.29) is 0 Å². The fourth-order valence-electron chi connectivity index (χ4n) is 3.56. The lowest BCUT2D eigenvalue weighted by molar-refractivity contribution is 0.0321. The lowest BCUT2D eigenvalue weighted by Crippen LogP contribution is -2.48. The van der Waals surface area contributed by atoms with E-state index in [2.05, 4.69) is 43.2 Å². The summed E-state index contributed by atoms with van der Waals surface area (Å²) in [7, 11) is 0. The Kier molecular flexibility index (Phi) is 5.62. The molecule has 2 saturated heterocycles. The Morgan fingerprint density at radius 2 is 1.47 bits per heavy atom. The summed E-state index contributed by atoms with van der Waals surface area (Å²) in [5.74, 6) is 0.844. The molecule has 2 aliphatic heterocycles. The van der Waals surface area contributed by atoms with Crippen LogP contribution in [0.15, 0.2) is 0 Å². The highest BCUT2D eigenvalue weighted by molar-refractivity contribution is 7.80. The quantitative estimate of drug-likeness (QED) is 0.790. The van der Waals surface area contributed by atoms with Gasteiger partial charge >= 0.3 is 0 Å². The Hall–Kier alpha value is 0.270.